The van der Waals surface area contributed by atoms with Crippen molar-refractivity contribution in [2.75, 3.05) is 37.6 Å². The smallest absolute Gasteiger partial charge is 0.316 e. The second kappa shape index (κ2) is 11.1. The second-order valence-corrected chi connectivity index (χ2v) is 9.85. The van der Waals surface area contributed by atoms with Gasteiger partial charge in [-0.15, -0.1) is 0 Å². The molecule has 3 aromatic rings. The predicted molar refractivity (Wildman–Crippen MR) is 141 cm³/mol. The summed E-state index contributed by atoms with van der Waals surface area (Å²) in [6, 6.07) is 18.5. The Morgan fingerprint density at radius 1 is 0.943 bits per heavy atom. The van der Waals surface area contributed by atoms with Crippen molar-refractivity contribution in [1.29, 1.82) is 0 Å². The molecule has 0 N–H and O–H groups in total. The van der Waals surface area contributed by atoms with Gasteiger partial charge in [0.25, 0.3) is 0 Å². The molecular weight excluding hydrogens is 436 g/mol. The number of piperazine rings is 1. The fraction of sp³-hybridized carbons (Fsp3) is 0.448. The number of hydrogen-bond acceptors (Lipinski definition) is 5. The van der Waals surface area contributed by atoms with Crippen molar-refractivity contribution >= 4 is 5.69 Å². The summed E-state index contributed by atoms with van der Waals surface area (Å²) in [5.74, 6) is 0.462. The molecule has 0 amide bonds. The van der Waals surface area contributed by atoms with Gasteiger partial charge in [-0.1, -0.05) is 48.0 Å². The molecule has 6 heteroatoms. The summed E-state index contributed by atoms with van der Waals surface area (Å²) in [6.07, 6.45) is 8.58. The van der Waals surface area contributed by atoms with Gasteiger partial charge in [-0.3, -0.25) is 9.69 Å². The lowest BCUT2D eigenvalue weighted by Gasteiger charge is -2.36. The van der Waals surface area contributed by atoms with E-state index in [2.05, 4.69) is 46.1 Å². The minimum Gasteiger partial charge on any atom is -0.483 e. The molecule has 0 radical (unpaired) electrons. The molecule has 0 bridgehead atoms. The Balaban J connectivity index is 1.26. The summed E-state index contributed by atoms with van der Waals surface area (Å²) in [4.78, 5) is 18.3. The first kappa shape index (κ1) is 23.6. The lowest BCUT2D eigenvalue weighted by atomic mass is 10.1. The number of aromatic nitrogens is 2. The highest BCUT2D eigenvalue weighted by molar-refractivity contribution is 5.57. The third-order valence-corrected chi connectivity index (χ3v) is 7.28. The third-order valence-electron chi connectivity index (χ3n) is 7.28. The van der Waals surface area contributed by atoms with Gasteiger partial charge in [-0.25, -0.2) is 0 Å². The monoisotopic (exact) mass is 472 g/mol. The molecule has 2 aromatic carbocycles. The Morgan fingerprint density at radius 2 is 1.66 bits per heavy atom. The number of benzene rings is 2. The molecule has 1 aromatic heterocycles. The normalized spacial score (nSPS) is 17.1. The number of aryl methyl sites for hydroxylation is 2. The van der Waals surface area contributed by atoms with Gasteiger partial charge in [0.05, 0.1) is 18.0 Å². The number of para-hydroxylation sites is 1. The van der Waals surface area contributed by atoms with E-state index in [1.807, 2.05) is 36.5 Å². The molecule has 184 valence electrons. The topological polar surface area (TPSA) is 50.6 Å². The van der Waals surface area contributed by atoms with Crippen LogP contribution in [0, 0.1) is 6.92 Å². The van der Waals surface area contributed by atoms with Gasteiger partial charge >= 0.3 is 5.56 Å². The van der Waals surface area contributed by atoms with Crippen molar-refractivity contribution in [3.05, 3.63) is 82.3 Å². The number of rotatable bonds is 8. The van der Waals surface area contributed by atoms with Crippen LogP contribution in [0.1, 0.15) is 43.2 Å². The van der Waals surface area contributed by atoms with Gasteiger partial charge in [0, 0.05) is 26.2 Å². The summed E-state index contributed by atoms with van der Waals surface area (Å²) < 4.78 is 7.84. The zero-order chi connectivity index (χ0) is 24.0. The Labute approximate surface area is 208 Å². The van der Waals surface area contributed by atoms with Crippen LogP contribution >= 0.6 is 0 Å². The number of nitrogens with zero attached hydrogens (tertiary/aromatic N) is 4. The summed E-state index contributed by atoms with van der Waals surface area (Å²) in [7, 11) is 0. The SMILES string of the molecule is Cc1ccc(CCCN2CCN(c3cnn(-c4ccccc4)c(=O)c3OC3CCCC3)CC2)cc1. The first-order valence-electron chi connectivity index (χ1n) is 13.0. The first-order valence-corrected chi connectivity index (χ1v) is 13.0. The van der Waals surface area contributed by atoms with Gasteiger partial charge in [-0.05, 0) is 69.7 Å². The van der Waals surface area contributed by atoms with Gasteiger partial charge in [0.2, 0.25) is 5.75 Å². The van der Waals surface area contributed by atoms with Crippen molar-refractivity contribution in [3.8, 4) is 11.4 Å². The summed E-state index contributed by atoms with van der Waals surface area (Å²) in [5.41, 5.74) is 4.16. The lowest BCUT2D eigenvalue weighted by molar-refractivity contribution is 0.204. The van der Waals surface area contributed by atoms with Gasteiger partial charge in [0.15, 0.2) is 0 Å². The molecule has 1 saturated carbocycles. The van der Waals surface area contributed by atoms with Crippen LogP contribution in [0.2, 0.25) is 0 Å². The Morgan fingerprint density at radius 3 is 2.37 bits per heavy atom. The number of hydrogen-bond donors (Lipinski definition) is 0. The standard InChI is InChI=1S/C29H36N4O2/c1-23-13-15-24(16-14-23)8-7-17-31-18-20-32(21-19-31)27-22-30-33(25-9-3-2-4-10-25)29(34)28(27)35-26-11-5-6-12-26/h2-4,9-10,13-16,22,26H,5-8,11-12,17-21H2,1H3. The van der Waals surface area contributed by atoms with Crippen LogP contribution in [0.25, 0.3) is 5.69 Å². The molecule has 0 spiro atoms. The minimum atomic E-state index is -0.166. The van der Waals surface area contributed by atoms with E-state index in [0.29, 0.717) is 5.75 Å². The van der Waals surface area contributed by atoms with E-state index in [1.54, 1.807) is 0 Å². The molecule has 0 atom stereocenters. The van der Waals surface area contributed by atoms with E-state index in [4.69, 9.17) is 4.74 Å². The summed E-state index contributed by atoms with van der Waals surface area (Å²) in [6.45, 7) is 6.95. The molecule has 2 heterocycles. The van der Waals surface area contributed by atoms with Crippen LogP contribution in [-0.4, -0.2) is 53.5 Å². The maximum absolute atomic E-state index is 13.5. The Kier molecular flexibility index (Phi) is 7.48. The van der Waals surface area contributed by atoms with Crippen molar-refractivity contribution in [2.45, 2.75) is 51.6 Å². The zero-order valence-electron chi connectivity index (χ0n) is 20.7. The minimum absolute atomic E-state index is 0.121. The predicted octanol–water partition coefficient (Wildman–Crippen LogP) is 4.62. The maximum Gasteiger partial charge on any atom is 0.316 e. The molecule has 2 aliphatic rings. The van der Waals surface area contributed by atoms with Crippen molar-refractivity contribution in [1.82, 2.24) is 14.7 Å². The Hall–Kier alpha value is -3.12. The van der Waals surface area contributed by atoms with E-state index in [9.17, 15) is 4.79 Å². The van der Waals surface area contributed by atoms with Crippen LogP contribution in [0.3, 0.4) is 0 Å². The van der Waals surface area contributed by atoms with Crippen molar-refractivity contribution < 1.29 is 4.74 Å². The molecular formula is C29H36N4O2. The largest absolute Gasteiger partial charge is 0.483 e. The van der Waals surface area contributed by atoms with Gasteiger partial charge < -0.3 is 9.64 Å². The number of ether oxygens (including phenoxy) is 1. The van der Waals surface area contributed by atoms with Crippen LogP contribution in [-0.2, 0) is 6.42 Å². The van der Waals surface area contributed by atoms with Gasteiger partial charge in [-0.2, -0.15) is 9.78 Å². The highest BCUT2D eigenvalue weighted by atomic mass is 16.5. The quantitative estimate of drug-likeness (QED) is 0.479. The van der Waals surface area contributed by atoms with Crippen molar-refractivity contribution in [2.24, 2.45) is 0 Å². The van der Waals surface area contributed by atoms with Gasteiger partial charge in [0.1, 0.15) is 5.69 Å². The average molecular weight is 473 g/mol. The third kappa shape index (κ3) is 5.76. The highest BCUT2D eigenvalue weighted by Crippen LogP contribution is 2.30. The van der Waals surface area contributed by atoms with Crippen LogP contribution in [0.15, 0.2) is 65.6 Å². The van der Waals surface area contributed by atoms with E-state index >= 15 is 0 Å². The molecule has 1 saturated heterocycles. The van der Waals surface area contributed by atoms with E-state index in [1.165, 1.54) is 28.7 Å². The van der Waals surface area contributed by atoms with Crippen LogP contribution < -0.4 is 15.2 Å². The Bertz CT molecular complexity index is 1150. The lowest BCUT2D eigenvalue weighted by Crippen LogP contribution is -2.47. The maximum atomic E-state index is 13.5. The van der Waals surface area contributed by atoms with E-state index in [0.717, 1.165) is 69.8 Å². The molecule has 2 fully saturated rings. The van der Waals surface area contributed by atoms with E-state index in [-0.39, 0.29) is 11.7 Å². The molecule has 1 aliphatic heterocycles. The second-order valence-electron chi connectivity index (χ2n) is 9.85. The van der Waals surface area contributed by atoms with Crippen LogP contribution in [0.5, 0.6) is 5.75 Å². The highest BCUT2D eigenvalue weighted by Gasteiger charge is 2.26. The molecule has 5 rings (SSSR count). The first-order chi connectivity index (χ1) is 17.2. The fourth-order valence-electron chi connectivity index (χ4n) is 5.17. The van der Waals surface area contributed by atoms with Crippen molar-refractivity contribution in [3.63, 3.8) is 0 Å². The molecule has 0 unspecified atom stereocenters. The average Bonchev–Trinajstić information content (AvgIpc) is 3.41. The molecule has 6 nitrogen and oxygen atoms in total. The molecule has 1 aliphatic carbocycles. The molecule has 35 heavy (non-hydrogen) atoms. The van der Waals surface area contributed by atoms with Crippen LogP contribution in [0.4, 0.5) is 5.69 Å². The number of anilines is 1. The zero-order valence-corrected chi connectivity index (χ0v) is 20.7. The fourth-order valence-corrected chi connectivity index (χ4v) is 5.17. The van der Waals surface area contributed by atoms with E-state index < -0.39 is 0 Å². The summed E-state index contributed by atoms with van der Waals surface area (Å²) in [5, 5.41) is 4.54. The summed E-state index contributed by atoms with van der Waals surface area (Å²) >= 11 is 0.